The molecule has 0 radical (unpaired) electrons. The van der Waals surface area contributed by atoms with Crippen LogP contribution < -0.4 is 11.4 Å². The predicted octanol–water partition coefficient (Wildman–Crippen LogP) is 2.10. The van der Waals surface area contributed by atoms with Gasteiger partial charge in [-0.05, 0) is 74.8 Å². The molecule has 1 aliphatic heterocycles. The Morgan fingerprint density at radius 2 is 2.00 bits per heavy atom. The van der Waals surface area contributed by atoms with E-state index >= 15 is 0 Å². The Hall–Kier alpha value is -2.84. The number of nitrogens with zero attached hydrogens (tertiary/aromatic N) is 3. The maximum atomic E-state index is 13.1. The summed E-state index contributed by atoms with van der Waals surface area (Å²) in [4.78, 5) is 46.8. The van der Waals surface area contributed by atoms with Crippen molar-refractivity contribution >= 4 is 23.2 Å². The van der Waals surface area contributed by atoms with E-state index < -0.39 is 0 Å². The highest BCUT2D eigenvalue weighted by molar-refractivity contribution is 5.81. The summed E-state index contributed by atoms with van der Waals surface area (Å²) in [5.74, 6) is 0.785. The molecule has 0 aromatic carbocycles. The number of pyridine rings is 1. The summed E-state index contributed by atoms with van der Waals surface area (Å²) >= 11 is 0. The van der Waals surface area contributed by atoms with Crippen LogP contribution in [-0.2, 0) is 9.53 Å². The van der Waals surface area contributed by atoms with Crippen molar-refractivity contribution < 1.29 is 14.3 Å². The number of H-pyrrole nitrogens is 1. The van der Waals surface area contributed by atoms with Crippen LogP contribution in [0.4, 0.5) is 4.79 Å². The molecule has 32 heavy (non-hydrogen) atoms. The molecule has 2 aromatic rings. The standard InChI is InChI=1S/C23H29N5O4/c1-12-4-17-19(25-10-12)28(21(30)26-17)16-2-3-27(11-16)22(31)32-18-14-5-13-6-15(18)9-23(7-13,8-14)20(24)29/h4,10,13-16,18H,2-3,5-9,11H2,1H3,(H2,24,29)(H,26,30)/t13?,14?,15?,16-,18?,23?/m1/s1. The number of nitrogens with one attached hydrogen (secondary N) is 1. The van der Waals surface area contributed by atoms with Gasteiger partial charge in [0.05, 0.1) is 17.0 Å². The van der Waals surface area contributed by atoms with Crippen LogP contribution in [0.5, 0.6) is 0 Å². The van der Waals surface area contributed by atoms with Gasteiger partial charge in [-0.2, -0.15) is 0 Å². The van der Waals surface area contributed by atoms with Crippen LogP contribution in [0.2, 0.25) is 0 Å². The van der Waals surface area contributed by atoms with Gasteiger partial charge in [0.2, 0.25) is 5.91 Å². The fourth-order valence-corrected chi connectivity index (χ4v) is 7.24. The lowest BCUT2D eigenvalue weighted by atomic mass is 9.48. The topological polar surface area (TPSA) is 123 Å². The minimum absolute atomic E-state index is 0.129. The molecule has 4 bridgehead atoms. The first-order valence-electron chi connectivity index (χ1n) is 11.7. The first-order valence-corrected chi connectivity index (χ1v) is 11.7. The molecule has 9 heteroatoms. The fourth-order valence-electron chi connectivity index (χ4n) is 7.24. The Labute approximate surface area is 185 Å². The van der Waals surface area contributed by atoms with Crippen molar-refractivity contribution in [2.24, 2.45) is 28.9 Å². The van der Waals surface area contributed by atoms with Gasteiger partial charge in [-0.25, -0.2) is 14.6 Å². The van der Waals surface area contributed by atoms with Gasteiger partial charge in [-0.15, -0.1) is 0 Å². The average Bonchev–Trinajstić information content (AvgIpc) is 3.33. The van der Waals surface area contributed by atoms with Gasteiger partial charge < -0.3 is 20.4 Å². The zero-order valence-electron chi connectivity index (χ0n) is 18.3. The molecule has 3 N–H and O–H groups in total. The fraction of sp³-hybridized carbons (Fsp3) is 0.652. The van der Waals surface area contributed by atoms with Crippen LogP contribution in [0.3, 0.4) is 0 Å². The van der Waals surface area contributed by atoms with E-state index in [9.17, 15) is 14.4 Å². The normalized spacial score (nSPS) is 35.5. The third-order valence-electron chi connectivity index (χ3n) is 8.42. The summed E-state index contributed by atoms with van der Waals surface area (Å²) in [6, 6.07) is 1.78. The van der Waals surface area contributed by atoms with Crippen molar-refractivity contribution in [1.29, 1.82) is 0 Å². The van der Waals surface area contributed by atoms with Gasteiger partial charge in [0.25, 0.3) is 0 Å². The Kier molecular flexibility index (Phi) is 4.23. The Morgan fingerprint density at radius 1 is 1.25 bits per heavy atom. The first kappa shape index (κ1) is 19.8. The van der Waals surface area contributed by atoms with E-state index in [1.165, 1.54) is 0 Å². The van der Waals surface area contributed by atoms with E-state index in [1.807, 2.05) is 13.0 Å². The van der Waals surface area contributed by atoms with E-state index in [2.05, 4.69) is 9.97 Å². The number of likely N-dealkylation sites (tertiary alicyclic amines) is 1. The van der Waals surface area contributed by atoms with Crippen LogP contribution in [0.25, 0.3) is 11.2 Å². The predicted molar refractivity (Wildman–Crippen MR) is 116 cm³/mol. The molecule has 5 aliphatic rings. The third-order valence-corrected chi connectivity index (χ3v) is 8.42. The Bertz CT molecular complexity index is 1150. The molecular weight excluding hydrogens is 410 g/mol. The maximum absolute atomic E-state index is 13.1. The number of fused-ring (bicyclic) bond motifs is 1. The van der Waals surface area contributed by atoms with E-state index in [-0.39, 0.29) is 47.1 Å². The summed E-state index contributed by atoms with van der Waals surface area (Å²) in [6.07, 6.45) is 6.40. The molecule has 4 saturated carbocycles. The molecule has 4 aliphatic carbocycles. The summed E-state index contributed by atoms with van der Waals surface area (Å²) in [6.45, 7) is 2.91. The quantitative estimate of drug-likeness (QED) is 0.758. The second-order valence-electron chi connectivity index (χ2n) is 10.5. The van der Waals surface area contributed by atoms with Crippen molar-refractivity contribution in [3.8, 4) is 0 Å². The van der Waals surface area contributed by atoms with Crippen molar-refractivity contribution in [3.63, 3.8) is 0 Å². The van der Waals surface area contributed by atoms with Gasteiger partial charge in [0.15, 0.2) is 5.65 Å². The number of hydrogen-bond donors (Lipinski definition) is 2. The summed E-state index contributed by atoms with van der Waals surface area (Å²) in [5.41, 5.74) is 7.50. The zero-order valence-corrected chi connectivity index (χ0v) is 18.3. The van der Waals surface area contributed by atoms with Gasteiger partial charge in [-0.3, -0.25) is 9.36 Å². The molecule has 170 valence electrons. The first-order chi connectivity index (χ1) is 15.3. The number of nitrogens with two attached hydrogens (primary N) is 1. The number of aromatic nitrogens is 3. The van der Waals surface area contributed by atoms with Crippen LogP contribution in [-0.4, -0.2) is 50.6 Å². The molecule has 3 heterocycles. The van der Waals surface area contributed by atoms with E-state index in [0.717, 1.165) is 37.7 Å². The van der Waals surface area contributed by atoms with E-state index in [1.54, 1.807) is 15.7 Å². The number of ether oxygens (including phenoxy) is 1. The summed E-state index contributed by atoms with van der Waals surface area (Å²) < 4.78 is 7.73. The minimum atomic E-state index is -0.389. The molecule has 2 unspecified atom stereocenters. The SMILES string of the molecule is Cc1cnc2c(c1)[nH]c(=O)n2[C@@H]1CCN(C(=O)OC2C3CC4CC2CC(C(N)=O)(C4)C3)C1. The van der Waals surface area contributed by atoms with Gasteiger partial charge in [0.1, 0.15) is 6.10 Å². The second kappa shape index (κ2) is 6.83. The highest BCUT2D eigenvalue weighted by Gasteiger charge is 2.59. The van der Waals surface area contributed by atoms with Crippen molar-refractivity contribution in [2.45, 2.75) is 57.6 Å². The molecule has 3 atom stereocenters. The molecule has 2 amide bonds. The number of rotatable bonds is 3. The molecule has 9 nitrogen and oxygen atoms in total. The number of hydrogen-bond acceptors (Lipinski definition) is 5. The van der Waals surface area contributed by atoms with Crippen LogP contribution in [0.1, 0.15) is 50.1 Å². The van der Waals surface area contributed by atoms with Crippen molar-refractivity contribution in [3.05, 3.63) is 28.3 Å². The van der Waals surface area contributed by atoms with Crippen molar-refractivity contribution in [2.75, 3.05) is 13.1 Å². The van der Waals surface area contributed by atoms with Crippen molar-refractivity contribution in [1.82, 2.24) is 19.4 Å². The molecule has 7 rings (SSSR count). The van der Waals surface area contributed by atoms with E-state index in [4.69, 9.17) is 10.5 Å². The molecular formula is C23H29N5O4. The van der Waals surface area contributed by atoms with Crippen LogP contribution in [0.15, 0.2) is 17.1 Å². The third kappa shape index (κ3) is 2.89. The summed E-state index contributed by atoms with van der Waals surface area (Å²) in [7, 11) is 0. The monoisotopic (exact) mass is 439 g/mol. The average molecular weight is 440 g/mol. The smallest absolute Gasteiger partial charge is 0.410 e. The number of carbonyl (C=O) groups excluding carboxylic acids is 2. The van der Waals surface area contributed by atoms with Crippen LogP contribution >= 0.6 is 0 Å². The van der Waals surface area contributed by atoms with Crippen LogP contribution in [0, 0.1) is 30.1 Å². The number of amides is 2. The minimum Gasteiger partial charge on any atom is -0.446 e. The molecule has 1 saturated heterocycles. The van der Waals surface area contributed by atoms with Gasteiger partial charge >= 0.3 is 11.8 Å². The number of imidazole rings is 1. The lowest BCUT2D eigenvalue weighted by Crippen LogP contribution is -2.59. The number of aryl methyl sites for hydroxylation is 1. The maximum Gasteiger partial charge on any atom is 0.410 e. The Balaban J connectivity index is 1.16. The Morgan fingerprint density at radius 3 is 2.72 bits per heavy atom. The largest absolute Gasteiger partial charge is 0.446 e. The van der Waals surface area contributed by atoms with Gasteiger partial charge in [-0.1, -0.05) is 0 Å². The number of primary amides is 1. The number of carbonyl (C=O) groups is 2. The highest BCUT2D eigenvalue weighted by Crippen LogP contribution is 2.60. The van der Waals surface area contributed by atoms with Gasteiger partial charge in [0, 0.05) is 19.3 Å². The molecule has 0 spiro atoms. The van der Waals surface area contributed by atoms with E-state index in [0.29, 0.717) is 36.6 Å². The second-order valence-corrected chi connectivity index (χ2v) is 10.5. The number of aromatic amines is 1. The zero-order chi connectivity index (χ0) is 22.2. The lowest BCUT2D eigenvalue weighted by Gasteiger charge is -2.58. The highest BCUT2D eigenvalue weighted by atomic mass is 16.6. The lowest BCUT2D eigenvalue weighted by molar-refractivity contribution is -0.161. The summed E-state index contributed by atoms with van der Waals surface area (Å²) in [5, 5.41) is 0. The molecule has 2 aromatic heterocycles. The molecule has 5 fully saturated rings.